The smallest absolute Gasteiger partial charge is 0.107 e. The van der Waals surface area contributed by atoms with Gasteiger partial charge in [-0.15, -0.1) is 11.3 Å². The van der Waals surface area contributed by atoms with Crippen molar-refractivity contribution in [2.24, 2.45) is 0 Å². The minimum absolute atomic E-state index is 0.931. The van der Waals surface area contributed by atoms with Gasteiger partial charge in [-0.2, -0.15) is 0 Å². The van der Waals surface area contributed by atoms with E-state index in [9.17, 15) is 0 Å². The van der Waals surface area contributed by atoms with E-state index in [1.807, 2.05) is 0 Å². The predicted octanol–water partition coefficient (Wildman–Crippen LogP) is 3.06. The van der Waals surface area contributed by atoms with Gasteiger partial charge in [0.05, 0.1) is 5.69 Å². The maximum absolute atomic E-state index is 4.48. The molecule has 2 nitrogen and oxygen atoms in total. The Morgan fingerprint density at radius 2 is 2.14 bits per heavy atom. The molecule has 1 aromatic rings. The zero-order chi connectivity index (χ0) is 10.4. The lowest BCUT2D eigenvalue weighted by Gasteiger charge is -2.00. The molecular formula is C10H17IN2S. The van der Waals surface area contributed by atoms with Crippen molar-refractivity contribution in [2.75, 3.05) is 11.0 Å². The summed E-state index contributed by atoms with van der Waals surface area (Å²) >= 11 is 4.22. The number of rotatable bonds is 6. The van der Waals surface area contributed by atoms with Gasteiger partial charge in [-0.1, -0.05) is 22.6 Å². The lowest BCUT2D eigenvalue weighted by Crippen LogP contribution is -2.14. The molecule has 0 aliphatic rings. The average molecular weight is 324 g/mol. The minimum atomic E-state index is 0.931. The maximum Gasteiger partial charge on any atom is 0.107 e. The first-order chi connectivity index (χ1) is 6.74. The summed E-state index contributed by atoms with van der Waals surface area (Å²) in [4.78, 5) is 5.82. The van der Waals surface area contributed by atoms with Gasteiger partial charge in [-0.05, 0) is 37.7 Å². The SMILES string of the molecule is Cc1nc(CNCCCCI)sc1C. The number of halogens is 1. The van der Waals surface area contributed by atoms with Gasteiger partial charge in [-0.25, -0.2) is 4.98 Å². The lowest BCUT2D eigenvalue weighted by molar-refractivity contribution is 0.643. The monoisotopic (exact) mass is 324 g/mol. The van der Waals surface area contributed by atoms with Gasteiger partial charge in [-0.3, -0.25) is 0 Å². The topological polar surface area (TPSA) is 24.9 Å². The van der Waals surface area contributed by atoms with E-state index in [1.165, 1.54) is 32.8 Å². The molecular weight excluding hydrogens is 307 g/mol. The molecule has 0 radical (unpaired) electrons. The highest BCUT2D eigenvalue weighted by atomic mass is 127. The van der Waals surface area contributed by atoms with E-state index in [-0.39, 0.29) is 0 Å². The Labute approximate surface area is 104 Å². The molecule has 0 amide bonds. The second-order valence-electron chi connectivity index (χ2n) is 3.32. The number of aryl methyl sites for hydroxylation is 2. The van der Waals surface area contributed by atoms with Gasteiger partial charge in [0.15, 0.2) is 0 Å². The molecule has 0 bridgehead atoms. The van der Waals surface area contributed by atoms with Crippen LogP contribution in [-0.2, 0) is 6.54 Å². The van der Waals surface area contributed by atoms with Crippen LogP contribution in [0, 0.1) is 13.8 Å². The first kappa shape index (κ1) is 12.4. The normalized spacial score (nSPS) is 10.8. The Hall–Kier alpha value is 0.320. The summed E-state index contributed by atoms with van der Waals surface area (Å²) in [6, 6.07) is 0. The third-order valence-electron chi connectivity index (χ3n) is 2.09. The van der Waals surface area contributed by atoms with E-state index in [0.29, 0.717) is 0 Å². The number of aromatic nitrogens is 1. The molecule has 1 aromatic heterocycles. The number of thiazole rings is 1. The Bertz CT molecular complexity index is 254. The highest BCUT2D eigenvalue weighted by Gasteiger charge is 2.01. The summed E-state index contributed by atoms with van der Waals surface area (Å²) < 4.78 is 1.26. The van der Waals surface area contributed by atoms with Crippen molar-refractivity contribution in [1.29, 1.82) is 0 Å². The number of nitrogens with one attached hydrogen (secondary N) is 1. The number of hydrogen-bond donors (Lipinski definition) is 1. The van der Waals surface area contributed by atoms with Gasteiger partial charge in [0.25, 0.3) is 0 Å². The third-order valence-corrected chi connectivity index (χ3v) is 3.92. The molecule has 1 rings (SSSR count). The molecule has 0 aromatic carbocycles. The Morgan fingerprint density at radius 3 is 2.71 bits per heavy atom. The van der Waals surface area contributed by atoms with Crippen LogP contribution in [0.2, 0.25) is 0 Å². The first-order valence-electron chi connectivity index (χ1n) is 4.93. The van der Waals surface area contributed by atoms with Crippen molar-refractivity contribution in [1.82, 2.24) is 10.3 Å². The molecule has 1 heterocycles. The molecule has 0 unspecified atom stereocenters. The van der Waals surface area contributed by atoms with Crippen LogP contribution in [0.1, 0.15) is 28.4 Å². The molecule has 0 fully saturated rings. The number of unbranched alkanes of at least 4 members (excludes halogenated alkanes) is 1. The van der Waals surface area contributed by atoms with Gasteiger partial charge >= 0.3 is 0 Å². The quantitative estimate of drug-likeness (QED) is 0.494. The van der Waals surface area contributed by atoms with Crippen LogP contribution in [0.3, 0.4) is 0 Å². The van der Waals surface area contributed by atoms with E-state index in [2.05, 4.69) is 46.7 Å². The van der Waals surface area contributed by atoms with E-state index in [4.69, 9.17) is 0 Å². The molecule has 0 aliphatic heterocycles. The standard InChI is InChI=1S/C10H17IN2S/c1-8-9(2)14-10(13-8)7-12-6-4-3-5-11/h12H,3-7H2,1-2H3. The van der Waals surface area contributed by atoms with Crippen LogP contribution in [0.25, 0.3) is 0 Å². The molecule has 80 valence electrons. The minimum Gasteiger partial charge on any atom is -0.310 e. The number of nitrogens with zero attached hydrogens (tertiary/aromatic N) is 1. The fourth-order valence-corrected chi connectivity index (χ4v) is 2.60. The van der Waals surface area contributed by atoms with E-state index >= 15 is 0 Å². The largest absolute Gasteiger partial charge is 0.310 e. The number of alkyl halides is 1. The van der Waals surface area contributed by atoms with Crippen molar-refractivity contribution < 1.29 is 0 Å². The lowest BCUT2D eigenvalue weighted by atomic mass is 10.3. The Kier molecular flexibility index (Phi) is 5.96. The van der Waals surface area contributed by atoms with E-state index in [1.54, 1.807) is 11.3 Å². The van der Waals surface area contributed by atoms with Gasteiger partial charge < -0.3 is 5.32 Å². The molecule has 0 spiro atoms. The summed E-state index contributed by atoms with van der Waals surface area (Å²) in [6.45, 7) is 6.25. The zero-order valence-electron chi connectivity index (χ0n) is 8.77. The maximum atomic E-state index is 4.48. The molecule has 1 N–H and O–H groups in total. The zero-order valence-corrected chi connectivity index (χ0v) is 11.7. The highest BCUT2D eigenvalue weighted by Crippen LogP contribution is 2.15. The predicted molar refractivity (Wildman–Crippen MR) is 71.4 cm³/mol. The van der Waals surface area contributed by atoms with E-state index < -0.39 is 0 Å². The highest BCUT2D eigenvalue weighted by molar-refractivity contribution is 14.1. The third kappa shape index (κ3) is 4.23. The molecule has 0 aliphatic carbocycles. The average Bonchev–Trinajstić information content (AvgIpc) is 2.46. The summed E-state index contributed by atoms with van der Waals surface area (Å²) in [5, 5.41) is 4.64. The summed E-state index contributed by atoms with van der Waals surface area (Å²) in [5.41, 5.74) is 1.18. The summed E-state index contributed by atoms with van der Waals surface area (Å²) in [6.07, 6.45) is 2.58. The van der Waals surface area contributed by atoms with Crippen molar-refractivity contribution in [3.63, 3.8) is 0 Å². The second-order valence-corrected chi connectivity index (χ2v) is 5.69. The van der Waals surface area contributed by atoms with Crippen molar-refractivity contribution in [2.45, 2.75) is 33.2 Å². The Morgan fingerprint density at radius 1 is 1.36 bits per heavy atom. The Balaban J connectivity index is 2.18. The fraction of sp³-hybridized carbons (Fsp3) is 0.700. The van der Waals surface area contributed by atoms with Crippen LogP contribution in [0.5, 0.6) is 0 Å². The van der Waals surface area contributed by atoms with Crippen LogP contribution < -0.4 is 5.32 Å². The van der Waals surface area contributed by atoms with Crippen molar-refractivity contribution >= 4 is 33.9 Å². The summed E-state index contributed by atoms with van der Waals surface area (Å²) in [5.74, 6) is 0. The summed E-state index contributed by atoms with van der Waals surface area (Å²) in [7, 11) is 0. The molecule has 14 heavy (non-hydrogen) atoms. The van der Waals surface area contributed by atoms with Gasteiger partial charge in [0.1, 0.15) is 5.01 Å². The van der Waals surface area contributed by atoms with Gasteiger partial charge in [0, 0.05) is 11.4 Å². The molecule has 0 saturated carbocycles. The molecule has 0 saturated heterocycles. The van der Waals surface area contributed by atoms with Crippen molar-refractivity contribution in [3.05, 3.63) is 15.6 Å². The van der Waals surface area contributed by atoms with Crippen molar-refractivity contribution in [3.8, 4) is 0 Å². The van der Waals surface area contributed by atoms with Crippen LogP contribution in [0.15, 0.2) is 0 Å². The first-order valence-corrected chi connectivity index (χ1v) is 7.28. The second kappa shape index (κ2) is 6.74. The van der Waals surface area contributed by atoms with Crippen LogP contribution >= 0.6 is 33.9 Å². The molecule has 0 atom stereocenters. The van der Waals surface area contributed by atoms with Gasteiger partial charge in [0.2, 0.25) is 0 Å². The fourth-order valence-electron chi connectivity index (χ4n) is 1.15. The van der Waals surface area contributed by atoms with E-state index in [0.717, 1.165) is 13.1 Å². The van der Waals surface area contributed by atoms with Crippen LogP contribution in [0.4, 0.5) is 0 Å². The molecule has 4 heteroatoms. The van der Waals surface area contributed by atoms with Crippen LogP contribution in [-0.4, -0.2) is 16.0 Å². The number of hydrogen-bond acceptors (Lipinski definition) is 3.